The lowest BCUT2D eigenvalue weighted by molar-refractivity contribution is -0.188. The Bertz CT molecular complexity index is 517. The summed E-state index contributed by atoms with van der Waals surface area (Å²) < 4.78 is 39.8. The van der Waals surface area contributed by atoms with Crippen LogP contribution in [0.5, 0.6) is 0 Å². The van der Waals surface area contributed by atoms with Crippen LogP contribution < -0.4 is 0 Å². The Morgan fingerprint density at radius 1 is 1.33 bits per heavy atom. The number of hydrogen-bond donors (Lipinski definition) is 1. The summed E-state index contributed by atoms with van der Waals surface area (Å²) in [5.74, 6) is -5.70. The first-order valence-electron chi connectivity index (χ1n) is 6.18. The highest BCUT2D eigenvalue weighted by Crippen LogP contribution is 2.37. The van der Waals surface area contributed by atoms with E-state index in [0.717, 1.165) is 4.90 Å². The van der Waals surface area contributed by atoms with Gasteiger partial charge in [0.2, 0.25) is 5.91 Å². The van der Waals surface area contributed by atoms with Gasteiger partial charge < -0.3 is 10.0 Å². The van der Waals surface area contributed by atoms with Crippen molar-refractivity contribution in [2.24, 2.45) is 11.8 Å². The topological polar surface area (TPSA) is 88.3 Å². The van der Waals surface area contributed by atoms with E-state index in [0.29, 0.717) is 0 Å². The predicted octanol–water partition coefficient (Wildman–Crippen LogP) is 0.390. The fraction of sp³-hybridized carbons (Fsp3) is 0.636. The van der Waals surface area contributed by atoms with Crippen LogP contribution in [0.15, 0.2) is 12.7 Å². The van der Waals surface area contributed by atoms with E-state index in [1.165, 1.54) is 17.3 Å². The molecule has 0 aliphatic carbocycles. The van der Waals surface area contributed by atoms with Crippen molar-refractivity contribution in [3.8, 4) is 0 Å². The first-order valence-corrected chi connectivity index (χ1v) is 6.18. The average molecular weight is 306 g/mol. The number of rotatable bonds is 4. The maximum absolute atomic E-state index is 12.8. The zero-order valence-electron chi connectivity index (χ0n) is 10.8. The van der Waals surface area contributed by atoms with Crippen LogP contribution in [0.25, 0.3) is 0 Å². The monoisotopic (exact) mass is 306 g/mol. The van der Waals surface area contributed by atoms with Crippen molar-refractivity contribution < 1.29 is 27.9 Å². The fourth-order valence-corrected chi connectivity index (χ4v) is 2.31. The molecular weight excluding hydrogens is 293 g/mol. The molecule has 1 aliphatic heterocycles. The molecule has 1 aromatic rings. The Labute approximate surface area is 117 Å². The molecule has 1 aromatic heterocycles. The summed E-state index contributed by atoms with van der Waals surface area (Å²) in [4.78, 5) is 27.4. The SMILES string of the molecule is O=C(O)[C@@H]1CN(C(=O)CCn2cncn2)C[C@H]1C(F)(F)F. The van der Waals surface area contributed by atoms with Crippen LogP contribution in [0.1, 0.15) is 6.42 Å². The standard InChI is InChI=1S/C11H13F3N4O3/c12-11(13,14)8-4-17(3-7(8)10(20)21)9(19)1-2-18-6-15-5-16-18/h5-8H,1-4H2,(H,20,21)/t7-,8-/m1/s1. The van der Waals surface area contributed by atoms with Gasteiger partial charge in [0.1, 0.15) is 12.7 Å². The summed E-state index contributed by atoms with van der Waals surface area (Å²) in [5.41, 5.74) is 0. The maximum atomic E-state index is 12.8. The minimum Gasteiger partial charge on any atom is -0.481 e. The molecule has 0 unspecified atom stereocenters. The smallest absolute Gasteiger partial charge is 0.394 e. The number of aliphatic carboxylic acids is 1. The molecule has 10 heteroatoms. The van der Waals surface area contributed by atoms with Gasteiger partial charge in [-0.3, -0.25) is 14.3 Å². The Morgan fingerprint density at radius 3 is 2.52 bits per heavy atom. The van der Waals surface area contributed by atoms with Gasteiger partial charge in [0.15, 0.2) is 0 Å². The summed E-state index contributed by atoms with van der Waals surface area (Å²) in [6.45, 7) is -0.851. The van der Waals surface area contributed by atoms with E-state index in [4.69, 9.17) is 5.11 Å². The van der Waals surface area contributed by atoms with Crippen LogP contribution in [0, 0.1) is 11.8 Å². The first kappa shape index (κ1) is 15.3. The van der Waals surface area contributed by atoms with Crippen LogP contribution in [-0.4, -0.2) is 55.9 Å². The third-order valence-electron chi connectivity index (χ3n) is 3.43. The molecule has 0 spiro atoms. The lowest BCUT2D eigenvalue weighted by Gasteiger charge is -2.18. The molecule has 116 valence electrons. The van der Waals surface area contributed by atoms with E-state index in [9.17, 15) is 22.8 Å². The quantitative estimate of drug-likeness (QED) is 0.869. The zero-order chi connectivity index (χ0) is 15.6. The van der Waals surface area contributed by atoms with Crippen molar-refractivity contribution in [2.75, 3.05) is 13.1 Å². The van der Waals surface area contributed by atoms with Gasteiger partial charge in [0.05, 0.1) is 18.4 Å². The molecule has 0 bridgehead atoms. The molecule has 2 atom stereocenters. The minimum absolute atomic E-state index is 0.0553. The van der Waals surface area contributed by atoms with Crippen LogP contribution in [0.3, 0.4) is 0 Å². The molecule has 1 N–H and O–H groups in total. The van der Waals surface area contributed by atoms with Crippen LogP contribution in [0.4, 0.5) is 13.2 Å². The number of carboxylic acids is 1. The number of carboxylic acid groups (broad SMARTS) is 1. The molecule has 0 radical (unpaired) electrons. The molecule has 0 saturated carbocycles. The molecule has 1 fully saturated rings. The average Bonchev–Trinajstić information content (AvgIpc) is 3.04. The Balaban J connectivity index is 1.98. The van der Waals surface area contributed by atoms with Gasteiger partial charge in [0, 0.05) is 19.5 Å². The Morgan fingerprint density at radius 2 is 2.05 bits per heavy atom. The predicted molar refractivity (Wildman–Crippen MR) is 61.9 cm³/mol. The molecule has 2 heterocycles. The van der Waals surface area contributed by atoms with Crippen molar-refractivity contribution >= 4 is 11.9 Å². The number of nitrogens with zero attached hydrogens (tertiary/aromatic N) is 4. The van der Waals surface area contributed by atoms with Gasteiger partial charge >= 0.3 is 12.1 Å². The van der Waals surface area contributed by atoms with Crippen molar-refractivity contribution in [1.29, 1.82) is 0 Å². The first-order chi connectivity index (χ1) is 9.79. The molecule has 1 saturated heterocycles. The summed E-state index contributed by atoms with van der Waals surface area (Å²) in [6.07, 6.45) is -2.03. The third kappa shape index (κ3) is 3.50. The van der Waals surface area contributed by atoms with Crippen LogP contribution in [-0.2, 0) is 16.1 Å². The highest BCUT2D eigenvalue weighted by atomic mass is 19.4. The molecular formula is C11H13F3N4O3. The van der Waals surface area contributed by atoms with Gasteiger partial charge in [-0.05, 0) is 0 Å². The number of alkyl halides is 3. The van der Waals surface area contributed by atoms with Gasteiger partial charge in [-0.2, -0.15) is 18.3 Å². The number of likely N-dealkylation sites (tertiary alicyclic amines) is 1. The number of halogens is 3. The van der Waals surface area contributed by atoms with E-state index in [1.807, 2.05) is 0 Å². The van der Waals surface area contributed by atoms with Crippen LogP contribution >= 0.6 is 0 Å². The molecule has 1 aliphatic rings. The van der Waals surface area contributed by atoms with Crippen molar-refractivity contribution in [1.82, 2.24) is 19.7 Å². The van der Waals surface area contributed by atoms with Crippen molar-refractivity contribution in [2.45, 2.75) is 19.1 Å². The van der Waals surface area contributed by atoms with Crippen LogP contribution in [0.2, 0.25) is 0 Å². The maximum Gasteiger partial charge on any atom is 0.394 e. The zero-order valence-corrected chi connectivity index (χ0v) is 10.8. The van der Waals surface area contributed by atoms with Gasteiger partial charge in [-0.25, -0.2) is 4.98 Å². The second kappa shape index (κ2) is 5.70. The highest BCUT2D eigenvalue weighted by molar-refractivity contribution is 5.79. The number of aromatic nitrogens is 3. The van der Waals surface area contributed by atoms with Gasteiger partial charge in [0.25, 0.3) is 0 Å². The van der Waals surface area contributed by atoms with E-state index < -0.39 is 43.0 Å². The molecule has 0 aromatic carbocycles. The summed E-state index contributed by atoms with van der Waals surface area (Å²) in [5, 5.41) is 12.6. The molecule has 2 rings (SSSR count). The van der Waals surface area contributed by atoms with E-state index in [2.05, 4.69) is 10.1 Å². The van der Waals surface area contributed by atoms with E-state index in [1.54, 1.807) is 0 Å². The van der Waals surface area contributed by atoms with Gasteiger partial charge in [-0.1, -0.05) is 0 Å². The number of carbonyl (C=O) groups excluding carboxylic acids is 1. The van der Waals surface area contributed by atoms with E-state index >= 15 is 0 Å². The molecule has 21 heavy (non-hydrogen) atoms. The third-order valence-corrected chi connectivity index (χ3v) is 3.43. The summed E-state index contributed by atoms with van der Waals surface area (Å²) >= 11 is 0. The summed E-state index contributed by atoms with van der Waals surface area (Å²) in [6, 6.07) is 0. The minimum atomic E-state index is -4.63. The lowest BCUT2D eigenvalue weighted by Crippen LogP contribution is -2.34. The molecule has 7 nitrogen and oxygen atoms in total. The van der Waals surface area contributed by atoms with Crippen molar-refractivity contribution in [3.63, 3.8) is 0 Å². The second-order valence-corrected chi connectivity index (χ2v) is 4.80. The number of carbonyl (C=O) groups is 2. The number of amides is 1. The fourth-order valence-electron chi connectivity index (χ4n) is 2.31. The largest absolute Gasteiger partial charge is 0.481 e. The highest BCUT2D eigenvalue weighted by Gasteiger charge is 2.53. The van der Waals surface area contributed by atoms with Crippen molar-refractivity contribution in [3.05, 3.63) is 12.7 Å². The molecule has 1 amide bonds. The normalized spacial score (nSPS) is 22.5. The number of hydrogen-bond acceptors (Lipinski definition) is 4. The Kier molecular flexibility index (Phi) is 4.14. The Hall–Kier alpha value is -2.13. The number of aryl methyl sites for hydroxylation is 1. The summed E-state index contributed by atoms with van der Waals surface area (Å²) in [7, 11) is 0. The second-order valence-electron chi connectivity index (χ2n) is 4.80. The van der Waals surface area contributed by atoms with E-state index in [-0.39, 0.29) is 13.0 Å². The lowest BCUT2D eigenvalue weighted by atomic mass is 9.96. The van der Waals surface area contributed by atoms with Gasteiger partial charge in [-0.15, -0.1) is 0 Å².